The van der Waals surface area contributed by atoms with Gasteiger partial charge in [0, 0.05) is 25.1 Å². The predicted molar refractivity (Wildman–Crippen MR) is 76.3 cm³/mol. The van der Waals surface area contributed by atoms with Crippen LogP contribution < -0.4 is 10.0 Å². The van der Waals surface area contributed by atoms with E-state index in [1.165, 1.54) is 17.0 Å². The number of nitrogens with zero attached hydrogens (tertiary/aromatic N) is 2. The molecule has 9 heteroatoms. The number of benzene rings is 1. The van der Waals surface area contributed by atoms with E-state index in [-0.39, 0.29) is 18.7 Å². The van der Waals surface area contributed by atoms with Gasteiger partial charge in [-0.1, -0.05) is 13.0 Å². The van der Waals surface area contributed by atoms with Gasteiger partial charge in [-0.3, -0.25) is 14.9 Å². The lowest BCUT2D eigenvalue weighted by atomic mass is 10.1. The maximum Gasteiger partial charge on any atom is 0.271 e. The van der Waals surface area contributed by atoms with Gasteiger partial charge in [-0.15, -0.1) is 0 Å². The molecule has 1 unspecified atom stereocenters. The minimum atomic E-state index is -3.82. The summed E-state index contributed by atoms with van der Waals surface area (Å²) in [5.41, 5.74) is 0.973. The van der Waals surface area contributed by atoms with Crippen molar-refractivity contribution in [2.75, 3.05) is 11.4 Å². The summed E-state index contributed by atoms with van der Waals surface area (Å²) in [6, 6.07) is 4.23. The molecule has 1 saturated heterocycles. The van der Waals surface area contributed by atoms with Gasteiger partial charge in [-0.25, -0.2) is 13.6 Å². The molecule has 0 aromatic heterocycles. The van der Waals surface area contributed by atoms with Gasteiger partial charge in [-0.05, 0) is 12.0 Å². The number of non-ortho nitro benzene ring substituents is 1. The summed E-state index contributed by atoms with van der Waals surface area (Å²) in [5.74, 6) is -0.399. The van der Waals surface area contributed by atoms with Gasteiger partial charge >= 0.3 is 0 Å². The van der Waals surface area contributed by atoms with Crippen LogP contribution in [0.2, 0.25) is 0 Å². The molecule has 1 aromatic rings. The number of primary sulfonamides is 1. The Hall–Kier alpha value is -2.00. The molecule has 1 amide bonds. The van der Waals surface area contributed by atoms with Gasteiger partial charge in [0.05, 0.1) is 10.6 Å². The third-order valence-corrected chi connectivity index (χ3v) is 4.75. The average molecular weight is 313 g/mol. The Balaban J connectivity index is 2.43. The molecule has 114 valence electrons. The van der Waals surface area contributed by atoms with Crippen LogP contribution >= 0.6 is 0 Å². The number of sulfonamides is 1. The molecule has 8 nitrogen and oxygen atoms in total. The van der Waals surface area contributed by atoms with E-state index in [1.54, 1.807) is 6.07 Å². The standard InChI is InChI=1S/C12H15N3O5S/c1-2-8-3-4-9(15(17)18)5-11(8)14-7-10(6-12(14)16)21(13,19)20/h3-5,10H,2,6-7H2,1H3,(H2,13,19,20). The summed E-state index contributed by atoms with van der Waals surface area (Å²) < 4.78 is 22.8. The van der Waals surface area contributed by atoms with Crippen LogP contribution in [0.15, 0.2) is 18.2 Å². The number of nitrogens with two attached hydrogens (primary N) is 1. The van der Waals surface area contributed by atoms with Crippen molar-refractivity contribution in [3.8, 4) is 0 Å². The van der Waals surface area contributed by atoms with E-state index < -0.39 is 26.1 Å². The summed E-state index contributed by atoms with van der Waals surface area (Å²) in [6.45, 7) is 1.77. The molecular weight excluding hydrogens is 298 g/mol. The number of amides is 1. The Bertz CT molecular complexity index is 701. The summed E-state index contributed by atoms with van der Waals surface area (Å²) >= 11 is 0. The van der Waals surface area contributed by atoms with Gasteiger partial charge in [0.2, 0.25) is 15.9 Å². The van der Waals surface area contributed by atoms with Crippen molar-refractivity contribution >= 4 is 27.3 Å². The van der Waals surface area contributed by atoms with Gasteiger partial charge in [-0.2, -0.15) is 0 Å². The number of hydrogen-bond acceptors (Lipinski definition) is 5. The van der Waals surface area contributed by atoms with Crippen LogP contribution in [0.5, 0.6) is 0 Å². The molecule has 1 atom stereocenters. The number of aryl methyl sites for hydroxylation is 1. The minimum Gasteiger partial charge on any atom is -0.310 e. The second kappa shape index (κ2) is 5.41. The largest absolute Gasteiger partial charge is 0.310 e. The lowest BCUT2D eigenvalue weighted by Gasteiger charge is -2.19. The fourth-order valence-electron chi connectivity index (χ4n) is 2.34. The highest BCUT2D eigenvalue weighted by Gasteiger charge is 2.38. The van der Waals surface area contributed by atoms with Crippen LogP contribution in [-0.4, -0.2) is 31.0 Å². The fourth-order valence-corrected chi connectivity index (χ4v) is 3.08. The molecular formula is C12H15N3O5S. The third-order valence-electron chi connectivity index (χ3n) is 3.51. The molecule has 2 N–H and O–H groups in total. The molecule has 0 aliphatic carbocycles. The van der Waals surface area contributed by atoms with E-state index in [0.717, 1.165) is 5.56 Å². The van der Waals surface area contributed by atoms with E-state index in [9.17, 15) is 23.3 Å². The van der Waals surface area contributed by atoms with Crippen LogP contribution in [0.4, 0.5) is 11.4 Å². The van der Waals surface area contributed by atoms with E-state index >= 15 is 0 Å². The first-order valence-corrected chi connectivity index (χ1v) is 7.94. The SMILES string of the molecule is CCc1ccc([N+](=O)[O-])cc1N1CC(S(N)(=O)=O)CC1=O. The topological polar surface area (TPSA) is 124 Å². The number of carbonyl (C=O) groups excluding carboxylic acids is 1. The van der Waals surface area contributed by atoms with Crippen LogP contribution in [0.25, 0.3) is 0 Å². The first-order valence-electron chi connectivity index (χ1n) is 6.33. The zero-order valence-corrected chi connectivity index (χ0v) is 12.2. The van der Waals surface area contributed by atoms with Crippen molar-refractivity contribution in [3.63, 3.8) is 0 Å². The number of nitro benzene ring substituents is 1. The monoisotopic (exact) mass is 313 g/mol. The fraction of sp³-hybridized carbons (Fsp3) is 0.417. The Morgan fingerprint density at radius 1 is 1.48 bits per heavy atom. The molecule has 21 heavy (non-hydrogen) atoms. The highest BCUT2D eigenvalue weighted by atomic mass is 32.2. The Kier molecular flexibility index (Phi) is 3.97. The Labute approximate surface area is 121 Å². The average Bonchev–Trinajstić information content (AvgIpc) is 2.79. The normalized spacial score (nSPS) is 19.0. The highest BCUT2D eigenvalue weighted by molar-refractivity contribution is 7.89. The molecule has 2 rings (SSSR count). The summed E-state index contributed by atoms with van der Waals surface area (Å²) in [4.78, 5) is 23.6. The maximum absolute atomic E-state index is 12.0. The smallest absolute Gasteiger partial charge is 0.271 e. The van der Waals surface area contributed by atoms with Crippen LogP contribution in [0.3, 0.4) is 0 Å². The number of anilines is 1. The lowest BCUT2D eigenvalue weighted by molar-refractivity contribution is -0.384. The van der Waals surface area contributed by atoms with E-state index in [4.69, 9.17) is 5.14 Å². The zero-order chi connectivity index (χ0) is 15.8. The van der Waals surface area contributed by atoms with Gasteiger partial charge in [0.15, 0.2) is 0 Å². The molecule has 1 heterocycles. The zero-order valence-electron chi connectivity index (χ0n) is 11.4. The highest BCUT2D eigenvalue weighted by Crippen LogP contribution is 2.31. The molecule has 1 aromatic carbocycles. The Morgan fingerprint density at radius 2 is 2.14 bits per heavy atom. The predicted octanol–water partition coefficient (Wildman–Crippen LogP) is 0.551. The molecule has 0 bridgehead atoms. The molecule has 1 aliphatic rings. The first kappa shape index (κ1) is 15.4. The Morgan fingerprint density at radius 3 is 2.62 bits per heavy atom. The van der Waals surface area contributed by atoms with E-state index in [2.05, 4.69) is 0 Å². The van der Waals surface area contributed by atoms with Crippen molar-refractivity contribution < 1.29 is 18.1 Å². The second-order valence-corrected chi connectivity index (χ2v) is 6.69. The van der Waals surface area contributed by atoms with Gasteiger partial charge in [0.1, 0.15) is 5.25 Å². The summed E-state index contributed by atoms with van der Waals surface area (Å²) in [5, 5.41) is 15.0. The van der Waals surface area contributed by atoms with Crippen molar-refractivity contribution in [1.82, 2.24) is 0 Å². The molecule has 0 saturated carbocycles. The minimum absolute atomic E-state index is 0.0775. The third kappa shape index (κ3) is 3.03. The molecule has 1 aliphatic heterocycles. The van der Waals surface area contributed by atoms with Crippen molar-refractivity contribution in [1.29, 1.82) is 0 Å². The first-order chi connectivity index (χ1) is 9.74. The number of rotatable bonds is 4. The quantitative estimate of drug-likeness (QED) is 0.642. The van der Waals surface area contributed by atoms with Crippen molar-refractivity contribution in [2.24, 2.45) is 5.14 Å². The number of hydrogen-bond donors (Lipinski definition) is 1. The van der Waals surface area contributed by atoms with E-state index in [0.29, 0.717) is 12.1 Å². The number of carbonyl (C=O) groups is 1. The van der Waals surface area contributed by atoms with Crippen LogP contribution in [0, 0.1) is 10.1 Å². The maximum atomic E-state index is 12.0. The summed E-state index contributed by atoms with van der Waals surface area (Å²) in [7, 11) is -3.82. The van der Waals surface area contributed by atoms with Gasteiger partial charge < -0.3 is 4.90 Å². The van der Waals surface area contributed by atoms with Gasteiger partial charge in [0.25, 0.3) is 5.69 Å². The second-order valence-electron chi connectivity index (χ2n) is 4.84. The van der Waals surface area contributed by atoms with E-state index in [1.807, 2.05) is 6.92 Å². The molecule has 1 fully saturated rings. The van der Waals surface area contributed by atoms with Crippen molar-refractivity contribution in [2.45, 2.75) is 25.0 Å². The number of nitro groups is 1. The summed E-state index contributed by atoms with van der Waals surface area (Å²) in [6.07, 6.45) is 0.363. The van der Waals surface area contributed by atoms with Crippen LogP contribution in [0.1, 0.15) is 18.9 Å². The molecule has 0 radical (unpaired) electrons. The van der Waals surface area contributed by atoms with Crippen molar-refractivity contribution in [3.05, 3.63) is 33.9 Å². The molecule has 0 spiro atoms. The van der Waals surface area contributed by atoms with Crippen LogP contribution in [-0.2, 0) is 21.2 Å². The lowest BCUT2D eigenvalue weighted by Crippen LogP contribution is -2.32.